The highest BCUT2D eigenvalue weighted by atomic mass is 16.5. The van der Waals surface area contributed by atoms with Crippen molar-refractivity contribution in [1.29, 1.82) is 0 Å². The zero-order chi connectivity index (χ0) is 10.6. The summed E-state index contributed by atoms with van der Waals surface area (Å²) in [5.41, 5.74) is 0. The van der Waals surface area contributed by atoms with Crippen molar-refractivity contribution in [3.8, 4) is 0 Å². The van der Waals surface area contributed by atoms with Gasteiger partial charge in [0.1, 0.15) is 0 Å². The van der Waals surface area contributed by atoms with Crippen LogP contribution in [0.1, 0.15) is 40.0 Å². The molecule has 0 aromatic carbocycles. The van der Waals surface area contributed by atoms with Crippen molar-refractivity contribution in [2.75, 3.05) is 20.1 Å². The Morgan fingerprint density at radius 2 is 1.93 bits per heavy atom. The van der Waals surface area contributed by atoms with Crippen LogP contribution in [0.25, 0.3) is 0 Å². The predicted octanol–water partition coefficient (Wildman–Crippen LogP) is 2.53. The van der Waals surface area contributed by atoms with Gasteiger partial charge in [-0.15, -0.1) is 0 Å². The van der Waals surface area contributed by atoms with Gasteiger partial charge in [0.2, 0.25) is 0 Å². The lowest BCUT2D eigenvalue weighted by atomic mass is 10.0. The van der Waals surface area contributed by atoms with Gasteiger partial charge < -0.3 is 9.64 Å². The SMILES string of the molecule is CCCC1CN(C)CC(CC(C)C)O1. The highest BCUT2D eigenvalue weighted by Gasteiger charge is 2.25. The third-order valence-corrected chi connectivity index (χ3v) is 2.76. The molecule has 0 aliphatic carbocycles. The fourth-order valence-corrected chi connectivity index (χ4v) is 2.27. The monoisotopic (exact) mass is 199 g/mol. The molecule has 0 bridgehead atoms. The van der Waals surface area contributed by atoms with Crippen molar-refractivity contribution in [3.63, 3.8) is 0 Å². The van der Waals surface area contributed by atoms with Gasteiger partial charge >= 0.3 is 0 Å². The van der Waals surface area contributed by atoms with E-state index in [1.54, 1.807) is 0 Å². The standard InChI is InChI=1S/C12H25NO/c1-5-6-11-8-13(4)9-12(14-11)7-10(2)3/h10-12H,5-9H2,1-4H3. The number of ether oxygens (including phenoxy) is 1. The van der Waals surface area contributed by atoms with Gasteiger partial charge in [0.25, 0.3) is 0 Å². The molecule has 1 saturated heterocycles. The second-order valence-corrected chi connectivity index (χ2v) is 5.02. The lowest BCUT2D eigenvalue weighted by molar-refractivity contribution is -0.0879. The highest BCUT2D eigenvalue weighted by Crippen LogP contribution is 2.18. The van der Waals surface area contributed by atoms with E-state index in [-0.39, 0.29) is 0 Å². The van der Waals surface area contributed by atoms with E-state index < -0.39 is 0 Å². The van der Waals surface area contributed by atoms with E-state index in [4.69, 9.17) is 4.74 Å². The van der Waals surface area contributed by atoms with Gasteiger partial charge in [0, 0.05) is 13.1 Å². The molecule has 0 aromatic heterocycles. The van der Waals surface area contributed by atoms with Gasteiger partial charge in [-0.25, -0.2) is 0 Å². The fraction of sp³-hybridized carbons (Fsp3) is 1.00. The van der Waals surface area contributed by atoms with Crippen LogP contribution in [0.15, 0.2) is 0 Å². The average Bonchev–Trinajstić information content (AvgIpc) is 2.01. The third kappa shape index (κ3) is 3.97. The maximum absolute atomic E-state index is 6.07. The fourth-order valence-electron chi connectivity index (χ4n) is 2.27. The molecule has 0 aromatic rings. The average molecular weight is 199 g/mol. The molecule has 2 unspecified atom stereocenters. The van der Waals surface area contributed by atoms with Crippen LogP contribution < -0.4 is 0 Å². The maximum atomic E-state index is 6.07. The number of nitrogens with zero attached hydrogens (tertiary/aromatic N) is 1. The van der Waals surface area contributed by atoms with Crippen LogP contribution in [0.3, 0.4) is 0 Å². The first kappa shape index (κ1) is 12.0. The van der Waals surface area contributed by atoms with E-state index in [1.165, 1.54) is 19.3 Å². The van der Waals surface area contributed by atoms with Crippen molar-refractivity contribution < 1.29 is 4.74 Å². The summed E-state index contributed by atoms with van der Waals surface area (Å²) in [6.45, 7) is 9.00. The lowest BCUT2D eigenvalue weighted by Gasteiger charge is -2.36. The highest BCUT2D eigenvalue weighted by molar-refractivity contribution is 4.76. The second-order valence-electron chi connectivity index (χ2n) is 5.02. The molecule has 1 rings (SSSR count). The molecule has 2 nitrogen and oxygen atoms in total. The first-order valence-electron chi connectivity index (χ1n) is 5.95. The summed E-state index contributed by atoms with van der Waals surface area (Å²) < 4.78 is 6.07. The zero-order valence-corrected chi connectivity index (χ0v) is 10.1. The first-order valence-corrected chi connectivity index (χ1v) is 5.95. The summed E-state index contributed by atoms with van der Waals surface area (Å²) in [7, 11) is 2.21. The Kier molecular flexibility index (Phi) is 4.90. The van der Waals surface area contributed by atoms with Crippen LogP contribution in [-0.4, -0.2) is 37.2 Å². The minimum absolute atomic E-state index is 0.463. The maximum Gasteiger partial charge on any atom is 0.0708 e. The number of likely N-dealkylation sites (N-methyl/N-ethyl adjacent to an activating group) is 1. The van der Waals surface area contributed by atoms with Crippen LogP contribution >= 0.6 is 0 Å². The van der Waals surface area contributed by atoms with Gasteiger partial charge in [-0.2, -0.15) is 0 Å². The molecule has 2 heteroatoms. The topological polar surface area (TPSA) is 12.5 Å². The third-order valence-electron chi connectivity index (χ3n) is 2.76. The molecule has 14 heavy (non-hydrogen) atoms. The molecule has 1 aliphatic rings. The summed E-state index contributed by atoms with van der Waals surface area (Å²) in [4.78, 5) is 2.41. The van der Waals surface area contributed by atoms with E-state index >= 15 is 0 Å². The van der Waals surface area contributed by atoms with Gasteiger partial charge in [0.05, 0.1) is 12.2 Å². The predicted molar refractivity (Wildman–Crippen MR) is 60.5 cm³/mol. The van der Waals surface area contributed by atoms with Crippen molar-refractivity contribution in [2.45, 2.75) is 52.2 Å². The zero-order valence-electron chi connectivity index (χ0n) is 10.1. The minimum Gasteiger partial charge on any atom is -0.372 e. The van der Waals surface area contributed by atoms with Gasteiger partial charge in [-0.1, -0.05) is 27.2 Å². The van der Waals surface area contributed by atoms with Crippen molar-refractivity contribution in [2.24, 2.45) is 5.92 Å². The second kappa shape index (κ2) is 5.72. The van der Waals surface area contributed by atoms with Crippen LogP contribution in [0.2, 0.25) is 0 Å². The lowest BCUT2D eigenvalue weighted by Crippen LogP contribution is -2.46. The van der Waals surface area contributed by atoms with Crippen molar-refractivity contribution in [1.82, 2.24) is 4.90 Å². The Labute approximate surface area is 88.6 Å². The molecule has 0 saturated carbocycles. The molecule has 1 aliphatic heterocycles. The molecule has 1 heterocycles. The Bertz CT molecular complexity index is 156. The first-order chi connectivity index (χ1) is 6.61. The van der Waals surface area contributed by atoms with Crippen LogP contribution in [0, 0.1) is 5.92 Å². The molecule has 1 fully saturated rings. The number of hydrogen-bond donors (Lipinski definition) is 0. The molecule has 84 valence electrons. The molecule has 0 radical (unpaired) electrons. The van der Waals surface area contributed by atoms with Crippen LogP contribution in [0.4, 0.5) is 0 Å². The smallest absolute Gasteiger partial charge is 0.0708 e. The Balaban J connectivity index is 2.37. The Hall–Kier alpha value is -0.0800. The minimum atomic E-state index is 0.463. The summed E-state index contributed by atoms with van der Waals surface area (Å²) in [5.74, 6) is 0.744. The van der Waals surface area contributed by atoms with E-state index in [0.717, 1.165) is 19.0 Å². The molecule has 0 spiro atoms. The van der Waals surface area contributed by atoms with E-state index in [9.17, 15) is 0 Å². The molecular formula is C12H25NO. The van der Waals surface area contributed by atoms with Gasteiger partial charge in [0.15, 0.2) is 0 Å². The number of hydrogen-bond acceptors (Lipinski definition) is 2. The van der Waals surface area contributed by atoms with Gasteiger partial charge in [-0.3, -0.25) is 0 Å². The normalized spacial score (nSPS) is 29.8. The number of morpholine rings is 1. The summed E-state index contributed by atoms with van der Waals surface area (Å²) in [5, 5.41) is 0. The van der Waals surface area contributed by atoms with E-state index in [2.05, 4.69) is 32.7 Å². The quantitative estimate of drug-likeness (QED) is 0.690. The van der Waals surface area contributed by atoms with Crippen molar-refractivity contribution in [3.05, 3.63) is 0 Å². The Morgan fingerprint density at radius 1 is 1.29 bits per heavy atom. The Morgan fingerprint density at radius 3 is 2.50 bits per heavy atom. The molecule has 2 atom stereocenters. The molecular weight excluding hydrogens is 174 g/mol. The molecule has 0 N–H and O–H groups in total. The van der Waals surface area contributed by atoms with E-state index in [0.29, 0.717) is 12.2 Å². The van der Waals surface area contributed by atoms with Gasteiger partial charge in [-0.05, 0) is 25.8 Å². The van der Waals surface area contributed by atoms with Crippen molar-refractivity contribution >= 4 is 0 Å². The van der Waals surface area contributed by atoms with E-state index in [1.807, 2.05) is 0 Å². The van der Waals surface area contributed by atoms with Crippen LogP contribution in [-0.2, 0) is 4.74 Å². The molecule has 0 amide bonds. The van der Waals surface area contributed by atoms with Crippen LogP contribution in [0.5, 0.6) is 0 Å². The summed E-state index contributed by atoms with van der Waals surface area (Å²) >= 11 is 0. The summed E-state index contributed by atoms with van der Waals surface area (Å²) in [6, 6.07) is 0. The summed E-state index contributed by atoms with van der Waals surface area (Å²) in [6.07, 6.45) is 4.57. The largest absolute Gasteiger partial charge is 0.372 e. The number of rotatable bonds is 4.